The first-order valence-electron chi connectivity index (χ1n) is 8.64. The molecule has 1 N–H and O–H groups in total. The molecule has 0 unspecified atom stereocenters. The van der Waals surface area contributed by atoms with Gasteiger partial charge < -0.3 is 10.1 Å². The summed E-state index contributed by atoms with van der Waals surface area (Å²) in [6, 6.07) is 15.2. The van der Waals surface area contributed by atoms with Crippen molar-refractivity contribution in [2.45, 2.75) is 32.2 Å². The number of hydrogen-bond donors (Lipinski definition) is 1. The molecule has 4 nitrogen and oxygen atoms in total. The zero-order chi connectivity index (χ0) is 18.0. The summed E-state index contributed by atoms with van der Waals surface area (Å²) in [6.07, 6.45) is 0.776. The van der Waals surface area contributed by atoms with Gasteiger partial charge in [0.15, 0.2) is 0 Å². The fourth-order valence-electron chi connectivity index (χ4n) is 3.47. The molecular formula is C21H23NO3. The Morgan fingerprint density at radius 3 is 2.04 bits per heavy atom. The van der Waals surface area contributed by atoms with E-state index in [2.05, 4.69) is 5.32 Å². The Morgan fingerprint density at radius 2 is 1.56 bits per heavy atom. The van der Waals surface area contributed by atoms with Crippen LogP contribution in [-0.4, -0.2) is 25.0 Å². The van der Waals surface area contributed by atoms with Gasteiger partial charge in [0.2, 0.25) is 5.91 Å². The third kappa shape index (κ3) is 3.04. The highest BCUT2D eigenvalue weighted by molar-refractivity contribution is 5.97. The van der Waals surface area contributed by atoms with Gasteiger partial charge in [-0.1, -0.05) is 68.8 Å². The van der Waals surface area contributed by atoms with Crippen molar-refractivity contribution in [3.8, 4) is 11.1 Å². The van der Waals surface area contributed by atoms with Gasteiger partial charge in [0, 0.05) is 0 Å². The Labute approximate surface area is 148 Å². The number of esters is 1. The number of ether oxygens (including phenoxy) is 1. The number of carbonyl (C=O) groups excluding carboxylic acids is 2. The average molecular weight is 337 g/mol. The summed E-state index contributed by atoms with van der Waals surface area (Å²) in [5, 5.41) is 2.93. The lowest BCUT2D eigenvalue weighted by atomic mass is 9.93. The predicted molar refractivity (Wildman–Crippen MR) is 97.1 cm³/mol. The molecule has 0 heterocycles. The van der Waals surface area contributed by atoms with Gasteiger partial charge in [-0.2, -0.15) is 0 Å². The summed E-state index contributed by atoms with van der Waals surface area (Å²) in [4.78, 5) is 25.2. The Balaban J connectivity index is 1.95. The molecular weight excluding hydrogens is 314 g/mol. The quantitative estimate of drug-likeness (QED) is 0.850. The van der Waals surface area contributed by atoms with Crippen molar-refractivity contribution in [1.82, 2.24) is 5.32 Å². The van der Waals surface area contributed by atoms with Gasteiger partial charge in [-0.05, 0) is 28.2 Å². The van der Waals surface area contributed by atoms with E-state index in [0.29, 0.717) is 0 Å². The van der Waals surface area contributed by atoms with E-state index in [1.807, 2.05) is 62.4 Å². The molecule has 0 bridgehead atoms. The van der Waals surface area contributed by atoms with Gasteiger partial charge in [0.25, 0.3) is 0 Å². The monoisotopic (exact) mass is 337 g/mol. The van der Waals surface area contributed by atoms with Crippen molar-refractivity contribution in [2.75, 3.05) is 7.11 Å². The van der Waals surface area contributed by atoms with E-state index >= 15 is 0 Å². The summed E-state index contributed by atoms with van der Waals surface area (Å²) in [5.74, 6) is -0.956. The van der Waals surface area contributed by atoms with Crippen LogP contribution in [0.4, 0.5) is 0 Å². The van der Waals surface area contributed by atoms with E-state index < -0.39 is 17.9 Å². The molecule has 1 aliphatic carbocycles. The lowest BCUT2D eigenvalue weighted by molar-refractivity contribution is -0.146. The second kappa shape index (κ2) is 7.09. The zero-order valence-electron chi connectivity index (χ0n) is 14.8. The summed E-state index contributed by atoms with van der Waals surface area (Å²) < 4.78 is 4.88. The second-order valence-corrected chi connectivity index (χ2v) is 6.50. The standard InChI is InChI=1S/C21H23NO3/c1-4-13(2)19(21(24)25-3)22-20(23)18-16-11-7-5-9-14(16)15-10-6-8-12-17(15)18/h5-13,18-19H,4H2,1-3H3,(H,22,23)/t13-,19+/m0/s1. The molecule has 1 aliphatic rings. The maximum atomic E-state index is 13.1. The normalized spacial score (nSPS) is 15.0. The molecule has 25 heavy (non-hydrogen) atoms. The van der Waals surface area contributed by atoms with Crippen LogP contribution in [0.5, 0.6) is 0 Å². The van der Waals surface area contributed by atoms with Crippen LogP contribution in [0, 0.1) is 5.92 Å². The fourth-order valence-corrected chi connectivity index (χ4v) is 3.47. The number of benzene rings is 2. The smallest absolute Gasteiger partial charge is 0.328 e. The molecule has 0 radical (unpaired) electrons. The Kier molecular flexibility index (Phi) is 4.88. The summed E-state index contributed by atoms with van der Waals surface area (Å²) in [5.41, 5.74) is 4.12. The lowest BCUT2D eigenvalue weighted by Gasteiger charge is -2.24. The van der Waals surface area contributed by atoms with E-state index in [-0.39, 0.29) is 11.8 Å². The van der Waals surface area contributed by atoms with Crippen LogP contribution in [0.3, 0.4) is 0 Å². The Hall–Kier alpha value is -2.62. The first-order valence-corrected chi connectivity index (χ1v) is 8.64. The number of hydrogen-bond acceptors (Lipinski definition) is 3. The SMILES string of the molecule is CC[C@H](C)[C@@H](NC(=O)C1c2ccccc2-c2ccccc21)C(=O)OC. The molecule has 1 amide bonds. The molecule has 2 aromatic rings. The molecule has 0 aliphatic heterocycles. The minimum atomic E-state index is -0.637. The van der Waals surface area contributed by atoms with E-state index in [9.17, 15) is 9.59 Å². The predicted octanol–water partition coefficient (Wildman–Crippen LogP) is 3.50. The fraction of sp³-hybridized carbons (Fsp3) is 0.333. The maximum absolute atomic E-state index is 13.1. The van der Waals surface area contributed by atoms with E-state index in [4.69, 9.17) is 4.74 Å². The van der Waals surface area contributed by atoms with Crippen LogP contribution < -0.4 is 5.32 Å². The molecule has 2 atom stereocenters. The number of amides is 1. The number of methoxy groups -OCH3 is 1. The van der Waals surface area contributed by atoms with Crippen molar-refractivity contribution in [3.63, 3.8) is 0 Å². The summed E-state index contributed by atoms with van der Waals surface area (Å²) in [7, 11) is 1.35. The topological polar surface area (TPSA) is 55.4 Å². The first kappa shape index (κ1) is 17.2. The van der Waals surface area contributed by atoms with Crippen molar-refractivity contribution >= 4 is 11.9 Å². The van der Waals surface area contributed by atoms with Crippen LogP contribution in [-0.2, 0) is 14.3 Å². The van der Waals surface area contributed by atoms with Gasteiger partial charge in [-0.25, -0.2) is 4.79 Å². The minimum Gasteiger partial charge on any atom is -0.467 e. The molecule has 130 valence electrons. The van der Waals surface area contributed by atoms with Crippen LogP contribution >= 0.6 is 0 Å². The molecule has 0 aromatic heterocycles. The molecule has 0 spiro atoms. The summed E-state index contributed by atoms with van der Waals surface area (Å²) >= 11 is 0. The number of rotatable bonds is 5. The third-order valence-electron chi connectivity index (χ3n) is 5.06. The Morgan fingerprint density at radius 1 is 1.04 bits per heavy atom. The van der Waals surface area contributed by atoms with Crippen LogP contribution in [0.15, 0.2) is 48.5 Å². The van der Waals surface area contributed by atoms with E-state index in [1.165, 1.54) is 7.11 Å². The number of nitrogens with one attached hydrogen (secondary N) is 1. The van der Waals surface area contributed by atoms with Crippen LogP contribution in [0.2, 0.25) is 0 Å². The van der Waals surface area contributed by atoms with Crippen molar-refractivity contribution in [1.29, 1.82) is 0 Å². The van der Waals surface area contributed by atoms with Crippen molar-refractivity contribution in [2.24, 2.45) is 5.92 Å². The average Bonchev–Trinajstić information content (AvgIpc) is 2.99. The Bertz CT molecular complexity index is 754. The minimum absolute atomic E-state index is 0.00305. The molecule has 2 aromatic carbocycles. The van der Waals surface area contributed by atoms with Crippen molar-refractivity contribution < 1.29 is 14.3 Å². The largest absolute Gasteiger partial charge is 0.467 e. The second-order valence-electron chi connectivity index (χ2n) is 6.50. The van der Waals surface area contributed by atoms with E-state index in [0.717, 1.165) is 28.7 Å². The van der Waals surface area contributed by atoms with Gasteiger partial charge in [-0.3, -0.25) is 4.79 Å². The van der Waals surface area contributed by atoms with Crippen LogP contribution in [0.25, 0.3) is 11.1 Å². The molecule has 0 saturated carbocycles. The van der Waals surface area contributed by atoms with E-state index in [1.54, 1.807) is 0 Å². The van der Waals surface area contributed by atoms with Crippen LogP contribution in [0.1, 0.15) is 37.3 Å². The molecule has 0 fully saturated rings. The number of carbonyl (C=O) groups is 2. The highest BCUT2D eigenvalue weighted by Gasteiger charge is 2.36. The molecule has 4 heteroatoms. The van der Waals surface area contributed by atoms with Gasteiger partial charge >= 0.3 is 5.97 Å². The molecule has 0 saturated heterocycles. The van der Waals surface area contributed by atoms with Gasteiger partial charge in [-0.15, -0.1) is 0 Å². The third-order valence-corrected chi connectivity index (χ3v) is 5.06. The maximum Gasteiger partial charge on any atom is 0.328 e. The highest BCUT2D eigenvalue weighted by Crippen LogP contribution is 2.44. The van der Waals surface area contributed by atoms with Gasteiger partial charge in [0.05, 0.1) is 13.0 Å². The van der Waals surface area contributed by atoms with Gasteiger partial charge in [0.1, 0.15) is 6.04 Å². The summed E-state index contributed by atoms with van der Waals surface area (Å²) in [6.45, 7) is 3.94. The first-order chi connectivity index (χ1) is 12.1. The number of fused-ring (bicyclic) bond motifs is 3. The van der Waals surface area contributed by atoms with Crippen molar-refractivity contribution in [3.05, 3.63) is 59.7 Å². The highest BCUT2D eigenvalue weighted by atomic mass is 16.5. The zero-order valence-corrected chi connectivity index (χ0v) is 14.8. The lowest BCUT2D eigenvalue weighted by Crippen LogP contribution is -2.47. The molecule has 3 rings (SSSR count).